The molecule has 2 atom stereocenters. The Kier molecular flexibility index (Phi) is 4.91. The molecule has 3 aromatic carbocycles. The summed E-state index contributed by atoms with van der Waals surface area (Å²) in [5.41, 5.74) is 5.27. The first-order chi connectivity index (χ1) is 15.1. The molecule has 3 aromatic rings. The van der Waals surface area contributed by atoms with E-state index in [0.29, 0.717) is 0 Å². The molecular formula is C27H23NO3. The molecule has 2 amide bonds. The quantitative estimate of drug-likeness (QED) is 0.549. The molecule has 0 N–H and O–H groups in total. The van der Waals surface area contributed by atoms with Crippen molar-refractivity contribution in [3.05, 3.63) is 107 Å². The van der Waals surface area contributed by atoms with Gasteiger partial charge in [0.05, 0.1) is 6.04 Å². The first-order valence-corrected chi connectivity index (χ1v) is 10.6. The number of rotatable bonds is 3. The molecule has 1 aliphatic carbocycles. The summed E-state index contributed by atoms with van der Waals surface area (Å²) in [5.74, 6) is -0.349. The molecule has 31 heavy (non-hydrogen) atoms. The van der Waals surface area contributed by atoms with Gasteiger partial charge in [-0.25, -0.2) is 9.69 Å². The van der Waals surface area contributed by atoms with Crippen LogP contribution >= 0.6 is 0 Å². The zero-order valence-corrected chi connectivity index (χ0v) is 17.3. The lowest BCUT2D eigenvalue weighted by Crippen LogP contribution is -2.38. The topological polar surface area (TPSA) is 46.6 Å². The molecule has 0 radical (unpaired) electrons. The van der Waals surface area contributed by atoms with Gasteiger partial charge in [0, 0.05) is 12.3 Å². The molecule has 4 nitrogen and oxygen atoms in total. The average molecular weight is 409 g/mol. The van der Waals surface area contributed by atoms with Gasteiger partial charge in [0.15, 0.2) is 0 Å². The molecule has 4 heteroatoms. The number of benzene rings is 3. The number of fused-ring (bicyclic) bond motifs is 2. The van der Waals surface area contributed by atoms with Crippen molar-refractivity contribution in [3.63, 3.8) is 0 Å². The molecular weight excluding hydrogens is 386 g/mol. The predicted octanol–water partition coefficient (Wildman–Crippen LogP) is 5.80. The van der Waals surface area contributed by atoms with Gasteiger partial charge < -0.3 is 4.74 Å². The number of cyclic esters (lactones) is 1. The fourth-order valence-electron chi connectivity index (χ4n) is 4.68. The van der Waals surface area contributed by atoms with E-state index in [9.17, 15) is 9.59 Å². The van der Waals surface area contributed by atoms with Gasteiger partial charge in [-0.1, -0.05) is 91.0 Å². The smallest absolute Gasteiger partial charge is 0.417 e. The highest BCUT2D eigenvalue weighted by molar-refractivity contribution is 5.94. The van der Waals surface area contributed by atoms with Crippen LogP contribution < -0.4 is 0 Å². The standard InChI is InChI=1S/C27H23NO3/c1-18-26(21-11-3-2-4-12-21)31-27(30)28(18)25(29)17-24-22-13-7-5-9-19(22)15-16-20-10-6-8-14-23(20)24/h2-16,18,24,26H,17H2,1H3/t18-,26-/m1/s1. The minimum absolute atomic E-state index is 0.134. The second kappa shape index (κ2) is 7.88. The Labute approximate surface area is 181 Å². The molecule has 1 fully saturated rings. The van der Waals surface area contributed by atoms with E-state index in [-0.39, 0.29) is 24.3 Å². The van der Waals surface area contributed by atoms with Crippen molar-refractivity contribution < 1.29 is 14.3 Å². The number of carbonyl (C=O) groups is 2. The molecule has 0 saturated carbocycles. The second-order valence-corrected chi connectivity index (χ2v) is 8.07. The summed E-state index contributed by atoms with van der Waals surface area (Å²) < 4.78 is 5.60. The Morgan fingerprint density at radius 2 is 1.39 bits per heavy atom. The molecule has 154 valence electrons. The van der Waals surface area contributed by atoms with Crippen molar-refractivity contribution in [3.8, 4) is 0 Å². The normalized spacial score (nSPS) is 20.0. The van der Waals surface area contributed by atoms with Crippen LogP contribution in [0.1, 0.15) is 53.2 Å². The average Bonchev–Trinajstić information content (AvgIpc) is 3.01. The number of ether oxygens (including phenoxy) is 1. The van der Waals surface area contributed by atoms with Crippen molar-refractivity contribution in [1.82, 2.24) is 4.90 Å². The summed E-state index contributed by atoms with van der Waals surface area (Å²) in [6, 6.07) is 25.5. The minimum atomic E-state index is -0.570. The third-order valence-electron chi connectivity index (χ3n) is 6.23. The highest BCUT2D eigenvalue weighted by Crippen LogP contribution is 2.39. The van der Waals surface area contributed by atoms with Gasteiger partial charge in [-0.2, -0.15) is 0 Å². The molecule has 0 bridgehead atoms. The second-order valence-electron chi connectivity index (χ2n) is 8.07. The van der Waals surface area contributed by atoms with Crippen molar-refractivity contribution in [2.45, 2.75) is 31.4 Å². The largest absolute Gasteiger partial charge is 0.439 e. The Morgan fingerprint density at radius 3 is 2.00 bits per heavy atom. The Hall–Kier alpha value is -3.66. The fourth-order valence-corrected chi connectivity index (χ4v) is 4.68. The highest BCUT2D eigenvalue weighted by Gasteiger charge is 2.44. The van der Waals surface area contributed by atoms with Crippen LogP contribution in [0.15, 0.2) is 78.9 Å². The van der Waals surface area contributed by atoms with Crippen molar-refractivity contribution in [1.29, 1.82) is 0 Å². The Balaban J connectivity index is 1.47. The molecule has 1 aliphatic heterocycles. The van der Waals surface area contributed by atoms with Crippen LogP contribution in [0.2, 0.25) is 0 Å². The van der Waals surface area contributed by atoms with Crippen LogP contribution in [0.3, 0.4) is 0 Å². The van der Waals surface area contributed by atoms with Gasteiger partial charge >= 0.3 is 6.09 Å². The van der Waals surface area contributed by atoms with Crippen molar-refractivity contribution in [2.75, 3.05) is 0 Å². The third kappa shape index (κ3) is 3.44. The SMILES string of the molecule is C[C@@H]1[C@H](c2ccccc2)OC(=O)N1C(=O)CC1c2ccccc2C=Cc2ccccc21. The van der Waals surface area contributed by atoms with Crippen molar-refractivity contribution >= 4 is 24.2 Å². The minimum Gasteiger partial charge on any atom is -0.439 e. The number of hydrogen-bond donors (Lipinski definition) is 0. The van der Waals surface area contributed by atoms with Gasteiger partial charge in [-0.3, -0.25) is 4.79 Å². The van der Waals surface area contributed by atoms with Crippen LogP contribution in [0.5, 0.6) is 0 Å². The summed E-state index contributed by atoms with van der Waals surface area (Å²) in [5, 5.41) is 0. The van der Waals surface area contributed by atoms with Crippen molar-refractivity contribution in [2.24, 2.45) is 0 Å². The summed E-state index contributed by atoms with van der Waals surface area (Å²) in [7, 11) is 0. The lowest BCUT2D eigenvalue weighted by atomic mass is 9.85. The van der Waals surface area contributed by atoms with Crippen LogP contribution in [-0.4, -0.2) is 22.9 Å². The van der Waals surface area contributed by atoms with E-state index >= 15 is 0 Å². The van der Waals surface area contributed by atoms with Crippen LogP contribution in [-0.2, 0) is 9.53 Å². The van der Waals surface area contributed by atoms with E-state index in [2.05, 4.69) is 36.4 Å². The number of nitrogens with zero attached hydrogens (tertiary/aromatic N) is 1. The summed E-state index contributed by atoms with van der Waals surface area (Å²) in [6.45, 7) is 1.87. The van der Waals surface area contributed by atoms with Gasteiger partial charge in [0.2, 0.25) is 5.91 Å². The number of amides is 2. The molecule has 0 spiro atoms. The van der Waals surface area contributed by atoms with Gasteiger partial charge in [0.25, 0.3) is 0 Å². The van der Waals surface area contributed by atoms with E-state index in [1.165, 1.54) is 4.90 Å². The van der Waals surface area contributed by atoms with E-state index in [1.807, 2.05) is 61.5 Å². The lowest BCUT2D eigenvalue weighted by molar-refractivity contribution is -0.129. The fraction of sp³-hybridized carbons (Fsp3) is 0.185. The van der Waals surface area contributed by atoms with E-state index in [0.717, 1.165) is 27.8 Å². The predicted molar refractivity (Wildman–Crippen MR) is 120 cm³/mol. The van der Waals surface area contributed by atoms with E-state index in [1.54, 1.807) is 0 Å². The van der Waals surface area contributed by atoms with Crippen LogP contribution in [0, 0.1) is 0 Å². The molecule has 2 aliphatic rings. The van der Waals surface area contributed by atoms with Gasteiger partial charge in [0.1, 0.15) is 6.10 Å². The summed E-state index contributed by atoms with van der Waals surface area (Å²) in [4.78, 5) is 27.4. The zero-order chi connectivity index (χ0) is 21.4. The molecule has 5 rings (SSSR count). The maximum Gasteiger partial charge on any atom is 0.417 e. The lowest BCUT2D eigenvalue weighted by Gasteiger charge is -2.24. The number of carbonyl (C=O) groups excluding carboxylic acids is 2. The van der Waals surface area contributed by atoms with Gasteiger partial charge in [-0.15, -0.1) is 0 Å². The van der Waals surface area contributed by atoms with Crippen LogP contribution in [0.4, 0.5) is 4.79 Å². The number of hydrogen-bond acceptors (Lipinski definition) is 3. The zero-order valence-electron chi connectivity index (χ0n) is 17.3. The Bertz CT molecular complexity index is 1120. The summed E-state index contributed by atoms with van der Waals surface area (Å²) in [6.07, 6.45) is 3.37. The monoisotopic (exact) mass is 409 g/mol. The van der Waals surface area contributed by atoms with E-state index in [4.69, 9.17) is 4.74 Å². The summed E-state index contributed by atoms with van der Waals surface area (Å²) >= 11 is 0. The molecule has 1 saturated heterocycles. The molecule has 1 heterocycles. The maximum atomic E-state index is 13.4. The molecule has 0 aromatic heterocycles. The number of imide groups is 1. The highest BCUT2D eigenvalue weighted by atomic mass is 16.6. The maximum absolute atomic E-state index is 13.4. The van der Waals surface area contributed by atoms with Crippen LogP contribution in [0.25, 0.3) is 12.2 Å². The first kappa shape index (κ1) is 19.3. The Morgan fingerprint density at radius 1 is 0.839 bits per heavy atom. The third-order valence-corrected chi connectivity index (χ3v) is 6.23. The van der Waals surface area contributed by atoms with E-state index < -0.39 is 12.2 Å². The molecule has 0 unspecified atom stereocenters. The van der Waals surface area contributed by atoms with Gasteiger partial charge in [-0.05, 0) is 34.7 Å². The first-order valence-electron chi connectivity index (χ1n) is 10.6.